The Balaban J connectivity index is 0.00000341. The van der Waals surface area contributed by atoms with Gasteiger partial charge in [0, 0.05) is 78.7 Å². The fraction of sp³-hybridized carbons (Fsp3) is 0.652. The van der Waals surface area contributed by atoms with E-state index in [4.69, 9.17) is 4.74 Å². The molecule has 0 aliphatic carbocycles. The minimum absolute atomic E-state index is 0. The number of ether oxygens (including phenoxy) is 1. The van der Waals surface area contributed by atoms with Gasteiger partial charge in [-0.1, -0.05) is 18.2 Å². The van der Waals surface area contributed by atoms with E-state index < -0.39 is 0 Å². The van der Waals surface area contributed by atoms with Crippen LogP contribution in [0.1, 0.15) is 25.7 Å². The van der Waals surface area contributed by atoms with Gasteiger partial charge >= 0.3 is 0 Å². The van der Waals surface area contributed by atoms with Gasteiger partial charge in [0.2, 0.25) is 5.91 Å². The lowest BCUT2D eigenvalue weighted by molar-refractivity contribution is -0.131. The highest BCUT2D eigenvalue weighted by Gasteiger charge is 2.21. The molecule has 0 bridgehead atoms. The molecule has 3 rings (SSSR count). The molecule has 1 aromatic rings. The van der Waals surface area contributed by atoms with Crippen molar-refractivity contribution >= 4 is 41.5 Å². The Hall–Kier alpha value is -1.55. The van der Waals surface area contributed by atoms with Crippen molar-refractivity contribution in [2.75, 3.05) is 71.5 Å². The maximum Gasteiger partial charge on any atom is 0.224 e. The van der Waals surface area contributed by atoms with Gasteiger partial charge in [0.25, 0.3) is 0 Å². The normalized spacial score (nSPS) is 17.8. The van der Waals surface area contributed by atoms with Crippen molar-refractivity contribution in [1.82, 2.24) is 15.1 Å². The van der Waals surface area contributed by atoms with Gasteiger partial charge in [-0.2, -0.15) is 0 Å². The molecule has 2 saturated heterocycles. The Labute approximate surface area is 204 Å². The van der Waals surface area contributed by atoms with Crippen LogP contribution in [0.5, 0.6) is 0 Å². The summed E-state index contributed by atoms with van der Waals surface area (Å²) in [5.74, 6) is 1.83. The van der Waals surface area contributed by atoms with Gasteiger partial charge in [-0.3, -0.25) is 9.79 Å². The van der Waals surface area contributed by atoms with Crippen LogP contribution in [0.3, 0.4) is 0 Å². The van der Waals surface area contributed by atoms with Crippen molar-refractivity contribution in [2.45, 2.75) is 25.7 Å². The summed E-state index contributed by atoms with van der Waals surface area (Å²) in [4.78, 5) is 23.5. The summed E-state index contributed by atoms with van der Waals surface area (Å²) >= 11 is 0. The maximum atomic E-state index is 12.6. The minimum atomic E-state index is 0. The van der Waals surface area contributed by atoms with Gasteiger partial charge in [-0.05, 0) is 37.3 Å². The van der Waals surface area contributed by atoms with Crippen molar-refractivity contribution in [3.63, 3.8) is 0 Å². The number of carbonyl (C=O) groups excluding carboxylic acids is 1. The monoisotopic (exact) mass is 543 g/mol. The summed E-state index contributed by atoms with van der Waals surface area (Å²) in [6.07, 6.45) is 3.97. The topological polar surface area (TPSA) is 60.4 Å². The van der Waals surface area contributed by atoms with E-state index in [0.717, 1.165) is 77.1 Å². The van der Waals surface area contributed by atoms with Crippen LogP contribution in [0.2, 0.25) is 0 Å². The second kappa shape index (κ2) is 13.8. The van der Waals surface area contributed by atoms with Crippen LogP contribution < -0.4 is 10.2 Å². The minimum Gasteiger partial charge on any atom is -0.381 e. The van der Waals surface area contributed by atoms with Crippen molar-refractivity contribution in [2.24, 2.45) is 10.9 Å². The first-order valence-electron chi connectivity index (χ1n) is 11.2. The molecule has 1 amide bonds. The summed E-state index contributed by atoms with van der Waals surface area (Å²) in [5, 5.41) is 3.35. The van der Waals surface area contributed by atoms with Crippen LogP contribution in [0.15, 0.2) is 35.3 Å². The highest BCUT2D eigenvalue weighted by atomic mass is 127. The third kappa shape index (κ3) is 8.14. The first-order chi connectivity index (χ1) is 14.7. The third-order valence-electron chi connectivity index (χ3n) is 6.16. The molecule has 0 aromatic heterocycles. The molecule has 8 heteroatoms. The van der Waals surface area contributed by atoms with Crippen LogP contribution in [0.4, 0.5) is 5.69 Å². The number of guanidine groups is 1. The van der Waals surface area contributed by atoms with Crippen molar-refractivity contribution < 1.29 is 9.53 Å². The number of benzene rings is 1. The summed E-state index contributed by atoms with van der Waals surface area (Å²) in [5.41, 5.74) is 1.24. The third-order valence-corrected chi connectivity index (χ3v) is 6.16. The second-order valence-corrected chi connectivity index (χ2v) is 8.19. The number of hydrogen-bond acceptors (Lipinski definition) is 4. The Morgan fingerprint density at radius 2 is 1.84 bits per heavy atom. The van der Waals surface area contributed by atoms with Crippen molar-refractivity contribution in [1.29, 1.82) is 0 Å². The average Bonchev–Trinajstić information content (AvgIpc) is 2.81. The fourth-order valence-electron chi connectivity index (χ4n) is 4.19. The molecular formula is C23H38IN5O2. The van der Waals surface area contributed by atoms with Gasteiger partial charge in [-0.25, -0.2) is 0 Å². The fourth-order valence-corrected chi connectivity index (χ4v) is 4.19. The Morgan fingerprint density at radius 1 is 1.16 bits per heavy atom. The molecule has 174 valence electrons. The van der Waals surface area contributed by atoms with E-state index in [1.165, 1.54) is 5.69 Å². The predicted molar refractivity (Wildman–Crippen MR) is 137 cm³/mol. The highest BCUT2D eigenvalue weighted by molar-refractivity contribution is 14.0. The quantitative estimate of drug-likeness (QED) is 0.326. The molecule has 2 aliphatic rings. The molecule has 2 aliphatic heterocycles. The Morgan fingerprint density at radius 3 is 2.48 bits per heavy atom. The number of halogens is 1. The number of hydrogen-bond donors (Lipinski definition) is 1. The Kier molecular flexibility index (Phi) is 11.4. The first kappa shape index (κ1) is 25.7. The largest absolute Gasteiger partial charge is 0.381 e. The number of nitrogens with zero attached hydrogens (tertiary/aromatic N) is 4. The van der Waals surface area contributed by atoms with E-state index in [1.807, 2.05) is 11.0 Å². The zero-order valence-electron chi connectivity index (χ0n) is 19.0. The number of anilines is 1. The lowest BCUT2D eigenvalue weighted by atomic mass is 9.96. The highest BCUT2D eigenvalue weighted by Crippen LogP contribution is 2.18. The molecule has 7 nitrogen and oxygen atoms in total. The van der Waals surface area contributed by atoms with E-state index in [-0.39, 0.29) is 29.9 Å². The molecule has 0 radical (unpaired) electrons. The average molecular weight is 543 g/mol. The van der Waals surface area contributed by atoms with Crippen LogP contribution in [-0.2, 0) is 9.53 Å². The number of amides is 1. The molecule has 1 aromatic carbocycles. The number of rotatable bonds is 7. The van der Waals surface area contributed by atoms with Gasteiger partial charge in [0.1, 0.15) is 0 Å². The van der Waals surface area contributed by atoms with Crippen LogP contribution in [0.25, 0.3) is 0 Å². The molecule has 0 spiro atoms. The number of aliphatic imine (C=N–C) groups is 1. The molecule has 2 fully saturated rings. The molecule has 31 heavy (non-hydrogen) atoms. The molecule has 0 saturated carbocycles. The van der Waals surface area contributed by atoms with Gasteiger partial charge in [0.05, 0.1) is 0 Å². The van der Waals surface area contributed by atoms with Crippen LogP contribution >= 0.6 is 24.0 Å². The van der Waals surface area contributed by atoms with E-state index in [1.54, 1.807) is 7.05 Å². The first-order valence-corrected chi connectivity index (χ1v) is 11.2. The summed E-state index contributed by atoms with van der Waals surface area (Å²) < 4.78 is 5.44. The van der Waals surface area contributed by atoms with E-state index in [2.05, 4.69) is 51.4 Å². The predicted octanol–water partition coefficient (Wildman–Crippen LogP) is 2.67. The van der Waals surface area contributed by atoms with Gasteiger partial charge in [0.15, 0.2) is 5.96 Å². The standard InChI is InChI=1S/C23H37N5O2.HI/c1-24-23(26(2)13-9-20-10-18-30-19-11-20)25-12-8-22(29)28-16-14-27(15-17-28)21-6-4-3-5-7-21;/h3-7,20H,8-19H2,1-2H3,(H,24,25);1H. The number of para-hydroxylation sites is 1. The Bertz CT molecular complexity index is 674. The lowest BCUT2D eigenvalue weighted by Gasteiger charge is -2.36. The molecule has 2 heterocycles. The molecule has 0 atom stereocenters. The molecule has 0 unspecified atom stereocenters. The van der Waals surface area contributed by atoms with Crippen LogP contribution in [-0.4, -0.2) is 88.2 Å². The van der Waals surface area contributed by atoms with Crippen molar-refractivity contribution in [3.05, 3.63) is 30.3 Å². The van der Waals surface area contributed by atoms with Crippen LogP contribution in [0, 0.1) is 5.92 Å². The smallest absolute Gasteiger partial charge is 0.224 e. The summed E-state index contributed by atoms with van der Waals surface area (Å²) in [6, 6.07) is 10.4. The van der Waals surface area contributed by atoms with Crippen molar-refractivity contribution in [3.8, 4) is 0 Å². The number of carbonyl (C=O) groups is 1. The van der Waals surface area contributed by atoms with E-state index in [9.17, 15) is 4.79 Å². The molecular weight excluding hydrogens is 505 g/mol. The number of nitrogens with one attached hydrogen (secondary N) is 1. The summed E-state index contributed by atoms with van der Waals surface area (Å²) in [6.45, 7) is 6.72. The lowest BCUT2D eigenvalue weighted by Crippen LogP contribution is -2.49. The SMILES string of the molecule is CN=C(NCCC(=O)N1CCN(c2ccccc2)CC1)N(C)CCC1CCOCC1.I. The van der Waals surface area contributed by atoms with E-state index in [0.29, 0.717) is 13.0 Å². The van der Waals surface area contributed by atoms with E-state index >= 15 is 0 Å². The zero-order chi connectivity index (χ0) is 21.2. The number of piperazine rings is 1. The molecule has 1 N–H and O–H groups in total. The zero-order valence-corrected chi connectivity index (χ0v) is 21.3. The second-order valence-electron chi connectivity index (χ2n) is 8.19. The van der Waals surface area contributed by atoms with Gasteiger partial charge in [-0.15, -0.1) is 24.0 Å². The summed E-state index contributed by atoms with van der Waals surface area (Å²) in [7, 11) is 3.87. The maximum absolute atomic E-state index is 12.6. The van der Waals surface area contributed by atoms with Gasteiger partial charge < -0.3 is 24.8 Å².